The molecule has 1 amide bonds. The SMILES string of the molecule is COc1cccc(C(=O)NCC(C)n2nc(-c3ccco3)ccc2=O)c1. The van der Waals surface area contributed by atoms with Crippen LogP contribution in [0, 0.1) is 0 Å². The predicted octanol–water partition coefficient (Wildman–Crippen LogP) is 2.50. The van der Waals surface area contributed by atoms with Crippen molar-refractivity contribution in [1.82, 2.24) is 15.1 Å². The zero-order chi connectivity index (χ0) is 18.5. The van der Waals surface area contributed by atoms with Gasteiger partial charge in [0.15, 0.2) is 5.76 Å². The minimum atomic E-state index is -0.327. The number of hydrogen-bond acceptors (Lipinski definition) is 5. The lowest BCUT2D eigenvalue weighted by Gasteiger charge is -2.15. The third-order valence-corrected chi connectivity index (χ3v) is 3.91. The predicted molar refractivity (Wildman–Crippen MR) is 96.2 cm³/mol. The van der Waals surface area contributed by atoms with E-state index in [1.807, 2.05) is 6.92 Å². The minimum absolute atomic E-state index is 0.244. The molecule has 0 fully saturated rings. The summed E-state index contributed by atoms with van der Waals surface area (Å²) < 4.78 is 11.8. The van der Waals surface area contributed by atoms with E-state index in [2.05, 4.69) is 10.4 Å². The van der Waals surface area contributed by atoms with Crippen molar-refractivity contribution in [2.24, 2.45) is 0 Å². The highest BCUT2D eigenvalue weighted by Gasteiger charge is 2.13. The van der Waals surface area contributed by atoms with Gasteiger partial charge in [-0.05, 0) is 43.3 Å². The third kappa shape index (κ3) is 3.83. The molecular weight excluding hydrogens is 334 g/mol. The zero-order valence-corrected chi connectivity index (χ0v) is 14.5. The van der Waals surface area contributed by atoms with E-state index in [1.165, 1.54) is 10.7 Å². The molecule has 2 heterocycles. The van der Waals surface area contributed by atoms with Crippen LogP contribution >= 0.6 is 0 Å². The molecule has 1 unspecified atom stereocenters. The molecule has 7 nitrogen and oxygen atoms in total. The fraction of sp³-hybridized carbons (Fsp3) is 0.211. The molecule has 3 aromatic rings. The first-order valence-corrected chi connectivity index (χ1v) is 8.14. The number of hydrogen-bond donors (Lipinski definition) is 1. The Labute approximate surface area is 150 Å². The second-order valence-electron chi connectivity index (χ2n) is 5.77. The van der Waals surface area contributed by atoms with Gasteiger partial charge in [0.05, 0.1) is 19.4 Å². The van der Waals surface area contributed by atoms with E-state index >= 15 is 0 Å². The van der Waals surface area contributed by atoms with Crippen LogP contribution in [0.1, 0.15) is 23.3 Å². The Kier molecular flexibility index (Phi) is 5.17. The van der Waals surface area contributed by atoms with E-state index < -0.39 is 0 Å². The van der Waals surface area contributed by atoms with E-state index in [1.54, 1.807) is 55.8 Å². The molecule has 0 saturated carbocycles. The Balaban J connectivity index is 1.71. The van der Waals surface area contributed by atoms with Crippen molar-refractivity contribution >= 4 is 5.91 Å². The Hall–Kier alpha value is -3.35. The molecule has 0 bridgehead atoms. The number of methoxy groups -OCH3 is 1. The van der Waals surface area contributed by atoms with Gasteiger partial charge in [0.2, 0.25) is 0 Å². The van der Waals surface area contributed by atoms with Gasteiger partial charge in [-0.25, -0.2) is 4.68 Å². The standard InChI is InChI=1S/C19H19N3O4/c1-13(12-20-19(24)14-5-3-6-15(11-14)25-2)22-18(23)9-8-16(21-22)17-7-4-10-26-17/h3-11,13H,12H2,1-2H3,(H,20,24). The van der Waals surface area contributed by atoms with Crippen molar-refractivity contribution in [3.8, 4) is 17.2 Å². The molecule has 134 valence electrons. The molecule has 3 rings (SSSR count). The fourth-order valence-electron chi connectivity index (χ4n) is 2.49. The molecule has 26 heavy (non-hydrogen) atoms. The number of benzene rings is 1. The van der Waals surface area contributed by atoms with Crippen LogP contribution in [0.3, 0.4) is 0 Å². The number of aromatic nitrogens is 2. The summed E-state index contributed by atoms with van der Waals surface area (Å²) in [4.78, 5) is 24.4. The molecule has 2 aromatic heterocycles. The molecule has 0 aliphatic carbocycles. The van der Waals surface area contributed by atoms with Gasteiger partial charge in [-0.15, -0.1) is 0 Å². The molecule has 0 spiro atoms. The van der Waals surface area contributed by atoms with E-state index in [-0.39, 0.29) is 24.1 Å². The topological polar surface area (TPSA) is 86.4 Å². The van der Waals surface area contributed by atoms with Crippen LogP contribution in [0.15, 0.2) is 64.0 Å². The van der Waals surface area contributed by atoms with Gasteiger partial charge < -0.3 is 14.5 Å². The number of nitrogens with one attached hydrogen (secondary N) is 1. The number of ether oxygens (including phenoxy) is 1. The molecule has 0 aliphatic rings. The molecule has 0 aliphatic heterocycles. The van der Waals surface area contributed by atoms with Crippen molar-refractivity contribution < 1.29 is 13.9 Å². The van der Waals surface area contributed by atoms with Crippen LogP contribution in [-0.2, 0) is 0 Å². The van der Waals surface area contributed by atoms with Crippen LogP contribution in [0.2, 0.25) is 0 Å². The van der Waals surface area contributed by atoms with Crippen LogP contribution < -0.4 is 15.6 Å². The van der Waals surface area contributed by atoms with Gasteiger partial charge in [-0.2, -0.15) is 5.10 Å². The van der Waals surface area contributed by atoms with Crippen molar-refractivity contribution in [3.05, 3.63) is 70.7 Å². The number of carbonyl (C=O) groups is 1. The molecule has 1 N–H and O–H groups in total. The first-order valence-electron chi connectivity index (χ1n) is 8.14. The Morgan fingerprint density at radius 2 is 2.12 bits per heavy atom. The van der Waals surface area contributed by atoms with Gasteiger partial charge in [-0.1, -0.05) is 6.07 Å². The normalized spacial score (nSPS) is 11.8. The van der Waals surface area contributed by atoms with E-state index in [9.17, 15) is 9.59 Å². The average Bonchev–Trinajstić information content (AvgIpc) is 3.21. The molecule has 0 saturated heterocycles. The van der Waals surface area contributed by atoms with Gasteiger partial charge in [0, 0.05) is 18.2 Å². The Bertz CT molecular complexity index is 947. The van der Waals surface area contributed by atoms with Gasteiger partial charge in [0.1, 0.15) is 11.4 Å². The van der Waals surface area contributed by atoms with Gasteiger partial charge in [-0.3, -0.25) is 9.59 Å². The van der Waals surface area contributed by atoms with Gasteiger partial charge >= 0.3 is 0 Å². The molecule has 1 atom stereocenters. The summed E-state index contributed by atoms with van der Waals surface area (Å²) in [5.74, 6) is 0.937. The van der Waals surface area contributed by atoms with Crippen LogP contribution in [0.4, 0.5) is 0 Å². The highest BCUT2D eigenvalue weighted by atomic mass is 16.5. The van der Waals surface area contributed by atoms with Crippen LogP contribution in [0.5, 0.6) is 5.75 Å². The molecule has 0 radical (unpaired) electrons. The van der Waals surface area contributed by atoms with Crippen LogP contribution in [0.25, 0.3) is 11.5 Å². The summed E-state index contributed by atoms with van der Waals surface area (Å²) in [5.41, 5.74) is 0.796. The Morgan fingerprint density at radius 1 is 1.27 bits per heavy atom. The summed E-state index contributed by atoms with van der Waals surface area (Å²) in [5, 5.41) is 7.14. The summed E-state index contributed by atoms with van der Waals surface area (Å²) in [6, 6.07) is 13.1. The lowest BCUT2D eigenvalue weighted by molar-refractivity contribution is 0.0947. The maximum absolute atomic E-state index is 12.3. The first-order chi connectivity index (χ1) is 12.6. The highest BCUT2D eigenvalue weighted by molar-refractivity contribution is 5.94. The number of nitrogens with zero attached hydrogens (tertiary/aromatic N) is 2. The number of rotatable bonds is 6. The smallest absolute Gasteiger partial charge is 0.267 e. The van der Waals surface area contributed by atoms with Crippen molar-refractivity contribution in [2.45, 2.75) is 13.0 Å². The lowest BCUT2D eigenvalue weighted by Crippen LogP contribution is -2.34. The summed E-state index contributed by atoms with van der Waals surface area (Å²) in [7, 11) is 1.54. The molecular formula is C19H19N3O4. The minimum Gasteiger partial charge on any atom is -0.497 e. The monoisotopic (exact) mass is 353 g/mol. The summed E-state index contributed by atoms with van der Waals surface area (Å²) in [6.45, 7) is 2.07. The van der Waals surface area contributed by atoms with Crippen LogP contribution in [-0.4, -0.2) is 29.3 Å². The van der Waals surface area contributed by atoms with Crippen molar-refractivity contribution in [3.63, 3.8) is 0 Å². The third-order valence-electron chi connectivity index (χ3n) is 3.91. The highest BCUT2D eigenvalue weighted by Crippen LogP contribution is 2.16. The maximum atomic E-state index is 12.3. The zero-order valence-electron chi connectivity index (χ0n) is 14.5. The molecule has 1 aromatic carbocycles. The number of amides is 1. The maximum Gasteiger partial charge on any atom is 0.267 e. The largest absolute Gasteiger partial charge is 0.497 e. The number of carbonyl (C=O) groups excluding carboxylic acids is 1. The lowest BCUT2D eigenvalue weighted by atomic mass is 10.2. The van der Waals surface area contributed by atoms with Crippen molar-refractivity contribution in [2.75, 3.05) is 13.7 Å². The quantitative estimate of drug-likeness (QED) is 0.736. The fourth-order valence-corrected chi connectivity index (χ4v) is 2.49. The first kappa shape index (κ1) is 17.5. The van der Waals surface area contributed by atoms with E-state index in [0.717, 1.165) is 0 Å². The van der Waals surface area contributed by atoms with Crippen molar-refractivity contribution in [1.29, 1.82) is 0 Å². The van der Waals surface area contributed by atoms with Gasteiger partial charge in [0.25, 0.3) is 11.5 Å². The van der Waals surface area contributed by atoms with E-state index in [4.69, 9.17) is 9.15 Å². The second-order valence-corrected chi connectivity index (χ2v) is 5.77. The molecule has 7 heteroatoms. The summed E-state index contributed by atoms with van der Waals surface area (Å²) >= 11 is 0. The number of furan rings is 1. The average molecular weight is 353 g/mol. The second kappa shape index (κ2) is 7.69. The van der Waals surface area contributed by atoms with E-state index in [0.29, 0.717) is 22.8 Å². The Morgan fingerprint density at radius 3 is 2.85 bits per heavy atom. The summed E-state index contributed by atoms with van der Waals surface area (Å²) in [6.07, 6.45) is 1.55.